The first-order valence-electron chi connectivity index (χ1n) is 6.06. The molecule has 1 atom stereocenters. The van der Waals surface area contributed by atoms with Crippen molar-refractivity contribution in [3.63, 3.8) is 0 Å². The Kier molecular flexibility index (Phi) is 4.26. The van der Waals surface area contributed by atoms with Crippen molar-refractivity contribution >= 4 is 17.3 Å². The van der Waals surface area contributed by atoms with Crippen LogP contribution in [-0.4, -0.2) is 30.7 Å². The molecule has 1 unspecified atom stereocenters. The fourth-order valence-electron chi connectivity index (χ4n) is 2.20. The van der Waals surface area contributed by atoms with Gasteiger partial charge in [0.2, 0.25) is 0 Å². The molecular formula is C13H19ClN2O. The second kappa shape index (κ2) is 5.71. The first kappa shape index (κ1) is 12.7. The van der Waals surface area contributed by atoms with Crippen LogP contribution in [0.3, 0.4) is 0 Å². The van der Waals surface area contributed by atoms with E-state index in [0.29, 0.717) is 11.1 Å². The Bertz CT molecular complexity index is 363. The Labute approximate surface area is 107 Å². The summed E-state index contributed by atoms with van der Waals surface area (Å²) in [6.07, 6.45) is 1.43. The Morgan fingerprint density at radius 3 is 3.00 bits per heavy atom. The van der Waals surface area contributed by atoms with Crippen molar-refractivity contribution in [2.24, 2.45) is 0 Å². The lowest BCUT2D eigenvalue weighted by Crippen LogP contribution is -2.41. The van der Waals surface area contributed by atoms with Gasteiger partial charge in [-0.25, -0.2) is 0 Å². The molecule has 1 aromatic rings. The van der Waals surface area contributed by atoms with Crippen LogP contribution in [0.1, 0.15) is 18.9 Å². The molecule has 0 radical (unpaired) electrons. The highest BCUT2D eigenvalue weighted by atomic mass is 35.5. The topological polar surface area (TPSA) is 38.5 Å². The standard InChI is InChI=1S/C13H19ClN2O/c1-2-13-9-16(3-4-17-13)8-10-5-11(14)7-12(15)6-10/h5-7,13H,2-4,8-9,15H2,1H3. The molecule has 0 aliphatic carbocycles. The molecule has 3 nitrogen and oxygen atoms in total. The lowest BCUT2D eigenvalue weighted by Gasteiger charge is -2.32. The minimum Gasteiger partial charge on any atom is -0.399 e. The van der Waals surface area contributed by atoms with E-state index < -0.39 is 0 Å². The van der Waals surface area contributed by atoms with Crippen molar-refractivity contribution in [2.75, 3.05) is 25.4 Å². The van der Waals surface area contributed by atoms with Crippen LogP contribution in [0.4, 0.5) is 5.69 Å². The summed E-state index contributed by atoms with van der Waals surface area (Å²) in [5, 5.41) is 0.709. The van der Waals surface area contributed by atoms with E-state index in [2.05, 4.69) is 11.8 Å². The molecule has 1 aliphatic heterocycles. The van der Waals surface area contributed by atoms with Gasteiger partial charge in [0.25, 0.3) is 0 Å². The largest absolute Gasteiger partial charge is 0.399 e. The summed E-state index contributed by atoms with van der Waals surface area (Å²) in [7, 11) is 0. The lowest BCUT2D eigenvalue weighted by molar-refractivity contribution is -0.0324. The molecule has 1 saturated heterocycles. The molecule has 2 rings (SSSR count). The molecule has 17 heavy (non-hydrogen) atoms. The molecule has 0 bridgehead atoms. The smallest absolute Gasteiger partial charge is 0.0700 e. The highest BCUT2D eigenvalue weighted by Gasteiger charge is 2.18. The highest BCUT2D eigenvalue weighted by molar-refractivity contribution is 6.30. The number of ether oxygens (including phenoxy) is 1. The van der Waals surface area contributed by atoms with Gasteiger partial charge in [0.15, 0.2) is 0 Å². The van der Waals surface area contributed by atoms with Gasteiger partial charge in [-0.2, -0.15) is 0 Å². The van der Waals surface area contributed by atoms with Gasteiger partial charge in [-0.3, -0.25) is 4.90 Å². The normalized spacial score (nSPS) is 21.6. The number of nitrogens with two attached hydrogens (primary N) is 1. The van der Waals surface area contributed by atoms with E-state index in [9.17, 15) is 0 Å². The number of halogens is 1. The van der Waals surface area contributed by atoms with Crippen LogP contribution >= 0.6 is 11.6 Å². The molecule has 0 spiro atoms. The monoisotopic (exact) mass is 254 g/mol. The summed E-state index contributed by atoms with van der Waals surface area (Å²) in [5.41, 5.74) is 7.69. The van der Waals surface area contributed by atoms with E-state index in [4.69, 9.17) is 22.1 Å². The van der Waals surface area contributed by atoms with E-state index in [1.54, 1.807) is 6.07 Å². The molecule has 1 aromatic carbocycles. The Balaban J connectivity index is 2.00. The van der Waals surface area contributed by atoms with Crippen LogP contribution in [-0.2, 0) is 11.3 Å². The third-order valence-electron chi connectivity index (χ3n) is 3.06. The van der Waals surface area contributed by atoms with E-state index in [1.165, 1.54) is 5.56 Å². The van der Waals surface area contributed by atoms with Gasteiger partial charge in [-0.05, 0) is 30.2 Å². The van der Waals surface area contributed by atoms with Crippen molar-refractivity contribution in [3.8, 4) is 0 Å². The van der Waals surface area contributed by atoms with Gasteiger partial charge in [-0.1, -0.05) is 18.5 Å². The zero-order chi connectivity index (χ0) is 12.3. The van der Waals surface area contributed by atoms with Gasteiger partial charge in [0.1, 0.15) is 0 Å². The molecule has 0 amide bonds. The molecule has 4 heteroatoms. The van der Waals surface area contributed by atoms with Crippen LogP contribution in [0.25, 0.3) is 0 Å². The van der Waals surface area contributed by atoms with Crippen LogP contribution in [0.5, 0.6) is 0 Å². The van der Waals surface area contributed by atoms with E-state index in [-0.39, 0.29) is 0 Å². The average Bonchev–Trinajstić information content (AvgIpc) is 2.28. The minimum atomic E-state index is 0.361. The Hall–Kier alpha value is -0.770. The van der Waals surface area contributed by atoms with Crippen molar-refractivity contribution < 1.29 is 4.74 Å². The molecule has 2 N–H and O–H groups in total. The number of nitrogens with zero attached hydrogens (tertiary/aromatic N) is 1. The minimum absolute atomic E-state index is 0.361. The number of benzene rings is 1. The second-order valence-corrected chi connectivity index (χ2v) is 4.97. The highest BCUT2D eigenvalue weighted by Crippen LogP contribution is 2.19. The molecule has 94 valence electrons. The summed E-state index contributed by atoms with van der Waals surface area (Å²) in [6, 6.07) is 5.75. The predicted molar refractivity (Wildman–Crippen MR) is 71.2 cm³/mol. The lowest BCUT2D eigenvalue weighted by atomic mass is 10.1. The third-order valence-corrected chi connectivity index (χ3v) is 3.28. The summed E-state index contributed by atoms with van der Waals surface area (Å²) in [4.78, 5) is 2.39. The van der Waals surface area contributed by atoms with Gasteiger partial charge < -0.3 is 10.5 Å². The molecule has 1 fully saturated rings. The van der Waals surface area contributed by atoms with Gasteiger partial charge in [0, 0.05) is 30.3 Å². The predicted octanol–water partition coefficient (Wildman–Crippen LogP) is 2.53. The molecular weight excluding hydrogens is 236 g/mol. The Morgan fingerprint density at radius 1 is 1.47 bits per heavy atom. The first-order valence-corrected chi connectivity index (χ1v) is 6.44. The molecule has 1 heterocycles. The van der Waals surface area contributed by atoms with E-state index in [0.717, 1.165) is 38.3 Å². The zero-order valence-electron chi connectivity index (χ0n) is 10.2. The SMILES string of the molecule is CCC1CN(Cc2cc(N)cc(Cl)c2)CCO1. The quantitative estimate of drug-likeness (QED) is 0.843. The number of morpholine rings is 1. The summed E-state index contributed by atoms with van der Waals surface area (Å²) >= 11 is 6.00. The van der Waals surface area contributed by atoms with Crippen molar-refractivity contribution in [1.29, 1.82) is 0 Å². The number of hydrogen-bond donors (Lipinski definition) is 1. The fourth-order valence-corrected chi connectivity index (χ4v) is 2.46. The van der Waals surface area contributed by atoms with E-state index in [1.807, 2.05) is 12.1 Å². The van der Waals surface area contributed by atoms with Crippen molar-refractivity contribution in [2.45, 2.75) is 26.0 Å². The first-order chi connectivity index (χ1) is 8.17. The van der Waals surface area contributed by atoms with Crippen LogP contribution in [0.2, 0.25) is 5.02 Å². The second-order valence-electron chi connectivity index (χ2n) is 4.53. The van der Waals surface area contributed by atoms with Crippen molar-refractivity contribution in [3.05, 3.63) is 28.8 Å². The molecule has 0 aromatic heterocycles. The maximum Gasteiger partial charge on any atom is 0.0700 e. The van der Waals surface area contributed by atoms with Crippen molar-refractivity contribution in [1.82, 2.24) is 4.90 Å². The molecule has 1 aliphatic rings. The summed E-state index contributed by atoms with van der Waals surface area (Å²) in [5.74, 6) is 0. The number of anilines is 1. The van der Waals surface area contributed by atoms with Crippen LogP contribution < -0.4 is 5.73 Å². The number of rotatable bonds is 3. The van der Waals surface area contributed by atoms with Gasteiger partial charge >= 0.3 is 0 Å². The number of nitrogen functional groups attached to an aromatic ring is 1. The third kappa shape index (κ3) is 3.60. The fraction of sp³-hybridized carbons (Fsp3) is 0.538. The number of hydrogen-bond acceptors (Lipinski definition) is 3. The maximum absolute atomic E-state index is 6.00. The molecule has 0 saturated carbocycles. The summed E-state index contributed by atoms with van der Waals surface area (Å²) in [6.45, 7) is 5.83. The van der Waals surface area contributed by atoms with Crippen LogP contribution in [0.15, 0.2) is 18.2 Å². The Morgan fingerprint density at radius 2 is 2.29 bits per heavy atom. The summed E-state index contributed by atoms with van der Waals surface area (Å²) < 4.78 is 5.65. The van der Waals surface area contributed by atoms with Crippen LogP contribution in [0, 0.1) is 0 Å². The zero-order valence-corrected chi connectivity index (χ0v) is 10.9. The van der Waals surface area contributed by atoms with E-state index >= 15 is 0 Å². The maximum atomic E-state index is 6.00. The van der Waals surface area contributed by atoms with Gasteiger partial charge in [0.05, 0.1) is 12.7 Å². The van der Waals surface area contributed by atoms with Gasteiger partial charge in [-0.15, -0.1) is 0 Å². The average molecular weight is 255 g/mol.